The molecule has 0 aromatic carbocycles. The van der Waals surface area contributed by atoms with Gasteiger partial charge in [0.25, 0.3) is 0 Å². The minimum Gasteiger partial charge on any atom is -0.481 e. The number of carboxylic acid groups (broad SMARTS) is 1. The van der Waals surface area contributed by atoms with E-state index in [2.05, 4.69) is 0 Å². The Morgan fingerprint density at radius 1 is 1.82 bits per heavy atom. The summed E-state index contributed by atoms with van der Waals surface area (Å²) in [6.45, 7) is 0. The van der Waals surface area contributed by atoms with E-state index in [-0.39, 0.29) is 11.8 Å². The van der Waals surface area contributed by atoms with E-state index in [0.717, 1.165) is 0 Å². The maximum atomic E-state index is 10.5. The van der Waals surface area contributed by atoms with Crippen LogP contribution >= 0.6 is 0 Å². The molecular formula is C8H9NO2. The number of allylic oxidation sites excluding steroid dienone is 2. The molecule has 58 valence electrons. The maximum Gasteiger partial charge on any atom is 0.307 e. The number of rotatable bonds is 2. The standard InChI is InChI=1S/C8H9NO2/c9-5-4-6-2-1-3-7(6)8(10)11/h1-2,6-7H,3-4H2,(H,10,11)/t6-,7-/m0/s1. The van der Waals surface area contributed by atoms with Crippen LogP contribution in [0.2, 0.25) is 0 Å². The van der Waals surface area contributed by atoms with E-state index in [9.17, 15) is 4.79 Å². The minimum absolute atomic E-state index is 0.0718. The molecule has 1 rings (SSSR count). The monoisotopic (exact) mass is 151 g/mol. The number of nitriles is 1. The van der Waals surface area contributed by atoms with Crippen LogP contribution in [0.3, 0.4) is 0 Å². The summed E-state index contributed by atoms with van der Waals surface area (Å²) in [6.07, 6.45) is 4.54. The highest BCUT2D eigenvalue weighted by molar-refractivity contribution is 5.71. The third-order valence-corrected chi connectivity index (χ3v) is 1.93. The van der Waals surface area contributed by atoms with Crippen LogP contribution in [-0.4, -0.2) is 11.1 Å². The Morgan fingerprint density at radius 3 is 3.09 bits per heavy atom. The number of nitrogens with zero attached hydrogens (tertiary/aromatic N) is 1. The highest BCUT2D eigenvalue weighted by atomic mass is 16.4. The zero-order chi connectivity index (χ0) is 8.27. The summed E-state index contributed by atoms with van der Waals surface area (Å²) in [4.78, 5) is 10.5. The molecule has 0 amide bonds. The molecule has 1 aliphatic rings. The fourth-order valence-electron chi connectivity index (χ4n) is 1.31. The number of carboxylic acids is 1. The minimum atomic E-state index is -0.796. The Hall–Kier alpha value is -1.30. The third kappa shape index (κ3) is 1.58. The molecule has 0 bridgehead atoms. The van der Waals surface area contributed by atoms with E-state index < -0.39 is 5.97 Å². The quantitative estimate of drug-likeness (QED) is 0.603. The van der Waals surface area contributed by atoms with E-state index in [4.69, 9.17) is 10.4 Å². The topological polar surface area (TPSA) is 61.1 Å². The molecule has 0 radical (unpaired) electrons. The lowest BCUT2D eigenvalue weighted by molar-refractivity contribution is -0.142. The van der Waals surface area contributed by atoms with E-state index in [1.165, 1.54) is 0 Å². The predicted octanol–water partition coefficient (Wildman–Crippen LogP) is 1.18. The van der Waals surface area contributed by atoms with Gasteiger partial charge in [-0.3, -0.25) is 4.79 Å². The maximum absolute atomic E-state index is 10.5. The van der Waals surface area contributed by atoms with Crippen molar-refractivity contribution in [2.75, 3.05) is 0 Å². The molecule has 3 nitrogen and oxygen atoms in total. The van der Waals surface area contributed by atoms with Gasteiger partial charge in [0.05, 0.1) is 12.0 Å². The van der Waals surface area contributed by atoms with E-state index in [1.54, 1.807) is 0 Å². The Labute approximate surface area is 64.9 Å². The van der Waals surface area contributed by atoms with Crippen molar-refractivity contribution >= 4 is 5.97 Å². The van der Waals surface area contributed by atoms with Gasteiger partial charge in [-0.05, 0) is 6.42 Å². The molecule has 1 aliphatic carbocycles. The molecule has 0 saturated carbocycles. The SMILES string of the molecule is N#CC[C@@H]1C=CC[C@@H]1C(=O)O. The summed E-state index contributed by atoms with van der Waals surface area (Å²) < 4.78 is 0. The van der Waals surface area contributed by atoms with Gasteiger partial charge < -0.3 is 5.11 Å². The van der Waals surface area contributed by atoms with Crippen LogP contribution in [0.1, 0.15) is 12.8 Å². The second-order valence-electron chi connectivity index (χ2n) is 2.63. The fraction of sp³-hybridized carbons (Fsp3) is 0.500. The molecule has 0 aliphatic heterocycles. The van der Waals surface area contributed by atoms with E-state index in [1.807, 2.05) is 18.2 Å². The second-order valence-corrected chi connectivity index (χ2v) is 2.63. The van der Waals surface area contributed by atoms with Crippen molar-refractivity contribution in [3.05, 3.63) is 12.2 Å². The van der Waals surface area contributed by atoms with Crippen molar-refractivity contribution in [2.45, 2.75) is 12.8 Å². The summed E-state index contributed by atoms with van der Waals surface area (Å²) in [5.74, 6) is -1.23. The number of aliphatic carboxylic acids is 1. The largest absolute Gasteiger partial charge is 0.481 e. The Kier molecular flexibility index (Phi) is 2.27. The highest BCUT2D eigenvalue weighted by Gasteiger charge is 2.28. The van der Waals surface area contributed by atoms with E-state index >= 15 is 0 Å². The van der Waals surface area contributed by atoms with Gasteiger partial charge in [0.2, 0.25) is 0 Å². The highest BCUT2D eigenvalue weighted by Crippen LogP contribution is 2.27. The molecule has 0 spiro atoms. The Morgan fingerprint density at radius 2 is 2.55 bits per heavy atom. The number of carbonyl (C=O) groups is 1. The smallest absolute Gasteiger partial charge is 0.307 e. The van der Waals surface area contributed by atoms with Gasteiger partial charge in [-0.2, -0.15) is 5.26 Å². The van der Waals surface area contributed by atoms with Gasteiger partial charge in [-0.1, -0.05) is 12.2 Å². The second kappa shape index (κ2) is 3.20. The summed E-state index contributed by atoms with van der Waals surface area (Å²) in [5, 5.41) is 17.0. The fourth-order valence-corrected chi connectivity index (χ4v) is 1.31. The Bertz CT molecular complexity index is 227. The lowest BCUT2D eigenvalue weighted by atomic mass is 9.93. The molecule has 11 heavy (non-hydrogen) atoms. The summed E-state index contributed by atoms with van der Waals surface area (Å²) in [5.41, 5.74) is 0. The zero-order valence-corrected chi connectivity index (χ0v) is 6.03. The molecule has 1 N–H and O–H groups in total. The van der Waals surface area contributed by atoms with Crippen molar-refractivity contribution in [2.24, 2.45) is 11.8 Å². The zero-order valence-electron chi connectivity index (χ0n) is 6.03. The van der Waals surface area contributed by atoms with Gasteiger partial charge in [0.1, 0.15) is 0 Å². The van der Waals surface area contributed by atoms with Crippen molar-refractivity contribution in [1.29, 1.82) is 5.26 Å². The first-order valence-corrected chi connectivity index (χ1v) is 3.52. The average Bonchev–Trinajstić information content (AvgIpc) is 2.36. The lowest BCUT2D eigenvalue weighted by Gasteiger charge is -2.10. The first kappa shape index (κ1) is 7.80. The van der Waals surface area contributed by atoms with Crippen LogP contribution in [-0.2, 0) is 4.79 Å². The van der Waals surface area contributed by atoms with Gasteiger partial charge in [0.15, 0.2) is 0 Å². The van der Waals surface area contributed by atoms with Crippen molar-refractivity contribution < 1.29 is 9.90 Å². The van der Waals surface area contributed by atoms with Crippen LogP contribution in [0, 0.1) is 23.2 Å². The summed E-state index contributed by atoms with van der Waals surface area (Å²) in [6, 6.07) is 1.98. The van der Waals surface area contributed by atoms with Crippen LogP contribution in [0.4, 0.5) is 0 Å². The van der Waals surface area contributed by atoms with Crippen LogP contribution in [0.15, 0.2) is 12.2 Å². The molecule has 0 saturated heterocycles. The molecule has 2 atom stereocenters. The molecule has 0 fully saturated rings. The predicted molar refractivity (Wildman–Crippen MR) is 38.6 cm³/mol. The Balaban J connectivity index is 2.57. The number of hydrogen-bond donors (Lipinski definition) is 1. The molecule has 0 unspecified atom stereocenters. The normalized spacial score (nSPS) is 28.3. The van der Waals surface area contributed by atoms with Gasteiger partial charge in [0, 0.05) is 12.3 Å². The first-order valence-electron chi connectivity index (χ1n) is 3.52. The van der Waals surface area contributed by atoms with Crippen molar-refractivity contribution in [1.82, 2.24) is 0 Å². The number of hydrogen-bond acceptors (Lipinski definition) is 2. The van der Waals surface area contributed by atoms with Crippen LogP contribution < -0.4 is 0 Å². The van der Waals surface area contributed by atoms with Crippen LogP contribution in [0.5, 0.6) is 0 Å². The summed E-state index contributed by atoms with van der Waals surface area (Å²) >= 11 is 0. The molecule has 0 aromatic heterocycles. The molecular weight excluding hydrogens is 142 g/mol. The average molecular weight is 151 g/mol. The first-order chi connectivity index (χ1) is 5.25. The van der Waals surface area contributed by atoms with Gasteiger partial charge in [-0.25, -0.2) is 0 Å². The van der Waals surface area contributed by atoms with E-state index in [0.29, 0.717) is 12.8 Å². The van der Waals surface area contributed by atoms with Crippen LogP contribution in [0.25, 0.3) is 0 Å². The van der Waals surface area contributed by atoms with Gasteiger partial charge >= 0.3 is 5.97 Å². The lowest BCUT2D eigenvalue weighted by Crippen LogP contribution is -2.18. The third-order valence-electron chi connectivity index (χ3n) is 1.93. The molecule has 0 aromatic rings. The molecule has 0 heterocycles. The summed E-state index contributed by atoms with van der Waals surface area (Å²) in [7, 11) is 0. The van der Waals surface area contributed by atoms with Gasteiger partial charge in [-0.15, -0.1) is 0 Å². The molecule has 3 heteroatoms. The van der Waals surface area contributed by atoms with Crippen molar-refractivity contribution in [3.63, 3.8) is 0 Å². The van der Waals surface area contributed by atoms with Crippen molar-refractivity contribution in [3.8, 4) is 6.07 Å².